The van der Waals surface area contributed by atoms with Crippen molar-refractivity contribution < 1.29 is 4.74 Å². The van der Waals surface area contributed by atoms with Crippen molar-refractivity contribution >= 4 is 0 Å². The third kappa shape index (κ3) is 2.08. The average Bonchev–Trinajstić information content (AvgIpc) is 2.49. The van der Waals surface area contributed by atoms with Crippen molar-refractivity contribution in [1.29, 1.82) is 5.26 Å². The van der Waals surface area contributed by atoms with Crippen LogP contribution in [0, 0.1) is 11.3 Å². The maximum atomic E-state index is 9.74. The topological polar surface area (TPSA) is 33.0 Å². The summed E-state index contributed by atoms with van der Waals surface area (Å²) in [6.45, 7) is 0.609. The standard InChI is InChI=1S/C17H15NO/c18-13-17(12-14-6-2-1-3-7-14)10-11-19-16-9-5-4-8-15(16)17/h1-9H,10-12H2. The Kier molecular flexibility index (Phi) is 2.97. The molecule has 0 N–H and O–H groups in total. The summed E-state index contributed by atoms with van der Waals surface area (Å²) in [6, 6.07) is 20.6. The highest BCUT2D eigenvalue weighted by Crippen LogP contribution is 2.40. The lowest BCUT2D eigenvalue weighted by molar-refractivity contribution is 0.241. The summed E-state index contributed by atoms with van der Waals surface area (Å²) in [4.78, 5) is 0. The van der Waals surface area contributed by atoms with Crippen molar-refractivity contribution in [1.82, 2.24) is 0 Å². The molecule has 2 aromatic carbocycles. The van der Waals surface area contributed by atoms with E-state index in [1.165, 1.54) is 5.56 Å². The normalized spacial score (nSPS) is 21.0. The molecule has 0 bridgehead atoms. The molecule has 1 heterocycles. The lowest BCUT2D eigenvalue weighted by Gasteiger charge is -2.33. The number of hydrogen-bond acceptors (Lipinski definition) is 2. The van der Waals surface area contributed by atoms with E-state index < -0.39 is 5.41 Å². The lowest BCUT2D eigenvalue weighted by Crippen LogP contribution is -2.33. The smallest absolute Gasteiger partial charge is 0.124 e. The molecule has 19 heavy (non-hydrogen) atoms. The molecule has 0 saturated carbocycles. The van der Waals surface area contributed by atoms with E-state index >= 15 is 0 Å². The van der Waals surface area contributed by atoms with E-state index in [0.29, 0.717) is 6.61 Å². The summed E-state index contributed by atoms with van der Waals surface area (Å²) in [5, 5.41) is 9.74. The summed E-state index contributed by atoms with van der Waals surface area (Å²) in [5.41, 5.74) is 1.75. The van der Waals surface area contributed by atoms with E-state index in [9.17, 15) is 5.26 Å². The van der Waals surface area contributed by atoms with Crippen LogP contribution in [0.1, 0.15) is 17.5 Å². The van der Waals surface area contributed by atoms with E-state index in [1.807, 2.05) is 42.5 Å². The molecular formula is C17H15NO. The highest BCUT2D eigenvalue weighted by atomic mass is 16.5. The summed E-state index contributed by atoms with van der Waals surface area (Å²) in [6.07, 6.45) is 1.49. The first kappa shape index (κ1) is 11.8. The van der Waals surface area contributed by atoms with Gasteiger partial charge in [-0.25, -0.2) is 0 Å². The molecule has 2 heteroatoms. The van der Waals surface area contributed by atoms with Gasteiger partial charge in [-0.3, -0.25) is 0 Å². The Bertz CT molecular complexity index is 615. The summed E-state index contributed by atoms with van der Waals surface area (Å²) < 4.78 is 5.67. The first-order chi connectivity index (χ1) is 9.34. The van der Waals surface area contributed by atoms with Gasteiger partial charge in [0.25, 0.3) is 0 Å². The van der Waals surface area contributed by atoms with Gasteiger partial charge >= 0.3 is 0 Å². The Hall–Kier alpha value is -2.27. The van der Waals surface area contributed by atoms with Crippen LogP contribution in [-0.2, 0) is 11.8 Å². The van der Waals surface area contributed by atoms with Crippen molar-refractivity contribution in [3.8, 4) is 11.8 Å². The summed E-state index contributed by atoms with van der Waals surface area (Å²) in [7, 11) is 0. The van der Waals surface area contributed by atoms with Gasteiger partial charge in [0.2, 0.25) is 0 Å². The largest absolute Gasteiger partial charge is 0.493 e. The van der Waals surface area contributed by atoms with Crippen molar-refractivity contribution in [3.05, 3.63) is 65.7 Å². The molecule has 2 aromatic rings. The fraction of sp³-hybridized carbons (Fsp3) is 0.235. The predicted octanol–water partition coefficient (Wildman–Crippen LogP) is 3.47. The molecule has 0 radical (unpaired) electrons. The maximum Gasteiger partial charge on any atom is 0.124 e. The summed E-state index contributed by atoms with van der Waals surface area (Å²) >= 11 is 0. The van der Waals surface area contributed by atoms with E-state index in [2.05, 4.69) is 18.2 Å². The second-order valence-corrected chi connectivity index (χ2v) is 4.95. The Balaban J connectivity index is 2.04. The van der Waals surface area contributed by atoms with Gasteiger partial charge in [0.1, 0.15) is 5.75 Å². The maximum absolute atomic E-state index is 9.74. The third-order valence-corrected chi connectivity index (χ3v) is 3.75. The van der Waals surface area contributed by atoms with Gasteiger partial charge in [-0.05, 0) is 18.1 Å². The van der Waals surface area contributed by atoms with Crippen molar-refractivity contribution in [3.63, 3.8) is 0 Å². The van der Waals surface area contributed by atoms with Crippen LogP contribution in [0.25, 0.3) is 0 Å². The molecule has 0 spiro atoms. The molecule has 1 unspecified atom stereocenters. The van der Waals surface area contributed by atoms with Crippen LogP contribution in [0.15, 0.2) is 54.6 Å². The second-order valence-electron chi connectivity index (χ2n) is 4.95. The Morgan fingerprint density at radius 3 is 2.58 bits per heavy atom. The zero-order chi connectivity index (χ0) is 13.1. The third-order valence-electron chi connectivity index (χ3n) is 3.75. The number of para-hydroxylation sites is 1. The van der Waals surface area contributed by atoms with Gasteiger partial charge in [-0.15, -0.1) is 0 Å². The first-order valence-corrected chi connectivity index (χ1v) is 6.52. The zero-order valence-electron chi connectivity index (χ0n) is 10.7. The molecule has 0 amide bonds. The van der Waals surface area contributed by atoms with Crippen LogP contribution in [0.2, 0.25) is 0 Å². The Morgan fingerprint density at radius 1 is 1.05 bits per heavy atom. The van der Waals surface area contributed by atoms with Gasteiger partial charge < -0.3 is 4.74 Å². The number of benzene rings is 2. The van der Waals surface area contributed by atoms with Crippen LogP contribution in [-0.4, -0.2) is 6.61 Å². The Labute approximate surface area is 113 Å². The molecular weight excluding hydrogens is 234 g/mol. The minimum Gasteiger partial charge on any atom is -0.493 e. The summed E-state index contributed by atoms with van der Waals surface area (Å²) in [5.74, 6) is 0.853. The molecule has 1 aliphatic rings. The number of nitrogens with zero attached hydrogens (tertiary/aromatic N) is 1. The molecule has 3 rings (SSSR count). The molecule has 0 aliphatic carbocycles. The fourth-order valence-electron chi connectivity index (χ4n) is 2.74. The number of hydrogen-bond donors (Lipinski definition) is 0. The predicted molar refractivity (Wildman–Crippen MR) is 74.0 cm³/mol. The second kappa shape index (κ2) is 4.78. The fourth-order valence-corrected chi connectivity index (χ4v) is 2.74. The minimum absolute atomic E-state index is 0.462. The van der Waals surface area contributed by atoms with Gasteiger partial charge in [0, 0.05) is 12.0 Å². The van der Waals surface area contributed by atoms with Gasteiger partial charge in [0.15, 0.2) is 0 Å². The van der Waals surface area contributed by atoms with E-state index in [1.54, 1.807) is 0 Å². The average molecular weight is 249 g/mol. The van der Waals surface area contributed by atoms with Crippen molar-refractivity contribution in [2.75, 3.05) is 6.61 Å². The van der Waals surface area contributed by atoms with Crippen molar-refractivity contribution in [2.24, 2.45) is 0 Å². The molecule has 2 nitrogen and oxygen atoms in total. The van der Waals surface area contributed by atoms with Crippen LogP contribution in [0.3, 0.4) is 0 Å². The van der Waals surface area contributed by atoms with Crippen molar-refractivity contribution in [2.45, 2.75) is 18.3 Å². The number of nitriles is 1. The van der Waals surface area contributed by atoms with Gasteiger partial charge in [-0.1, -0.05) is 48.5 Å². The van der Waals surface area contributed by atoms with Crippen LogP contribution >= 0.6 is 0 Å². The van der Waals surface area contributed by atoms with Gasteiger partial charge in [0.05, 0.1) is 18.1 Å². The van der Waals surface area contributed by atoms with Gasteiger partial charge in [-0.2, -0.15) is 5.26 Å². The number of rotatable bonds is 2. The molecule has 94 valence electrons. The highest BCUT2D eigenvalue weighted by Gasteiger charge is 2.37. The molecule has 0 fully saturated rings. The van der Waals surface area contributed by atoms with E-state index in [4.69, 9.17) is 4.74 Å². The molecule has 1 aliphatic heterocycles. The quantitative estimate of drug-likeness (QED) is 0.816. The minimum atomic E-state index is -0.462. The van der Waals surface area contributed by atoms with E-state index in [-0.39, 0.29) is 0 Å². The lowest BCUT2D eigenvalue weighted by atomic mass is 9.73. The van der Waals surface area contributed by atoms with Crippen LogP contribution < -0.4 is 4.74 Å². The first-order valence-electron chi connectivity index (χ1n) is 6.52. The molecule has 1 atom stereocenters. The molecule has 0 aromatic heterocycles. The van der Waals surface area contributed by atoms with Crippen LogP contribution in [0.5, 0.6) is 5.75 Å². The number of fused-ring (bicyclic) bond motifs is 1. The van der Waals surface area contributed by atoms with Crippen LogP contribution in [0.4, 0.5) is 0 Å². The number of ether oxygens (including phenoxy) is 1. The van der Waals surface area contributed by atoms with E-state index in [0.717, 1.165) is 24.2 Å². The SMILES string of the molecule is N#CC1(Cc2ccccc2)CCOc2ccccc21. The molecule has 0 saturated heterocycles. The monoisotopic (exact) mass is 249 g/mol. The zero-order valence-corrected chi connectivity index (χ0v) is 10.7. The Morgan fingerprint density at radius 2 is 1.79 bits per heavy atom. The highest BCUT2D eigenvalue weighted by molar-refractivity contribution is 5.46.